The van der Waals surface area contributed by atoms with E-state index in [0.717, 1.165) is 51.5 Å². The van der Waals surface area contributed by atoms with Gasteiger partial charge >= 0.3 is 5.97 Å². The third-order valence-corrected chi connectivity index (χ3v) is 5.01. The molecule has 3 heterocycles. The maximum absolute atomic E-state index is 11.7. The second kappa shape index (κ2) is 6.84. The third-order valence-electron chi connectivity index (χ3n) is 5.01. The van der Waals surface area contributed by atoms with Gasteiger partial charge < -0.3 is 14.4 Å². The SMILES string of the molecule is CCOC(=O)c1ccc(N2CCN(C)C3(CCOCC3)C2)nc1. The lowest BCUT2D eigenvalue weighted by atomic mass is 9.86. The predicted molar refractivity (Wildman–Crippen MR) is 87.8 cm³/mol. The Balaban J connectivity index is 1.72. The zero-order valence-electron chi connectivity index (χ0n) is 14.0. The van der Waals surface area contributed by atoms with Crippen molar-refractivity contribution in [3.05, 3.63) is 23.9 Å². The summed E-state index contributed by atoms with van der Waals surface area (Å²) in [6.07, 6.45) is 3.73. The van der Waals surface area contributed by atoms with Crippen molar-refractivity contribution in [1.29, 1.82) is 0 Å². The molecule has 1 aromatic rings. The molecule has 0 bridgehead atoms. The Morgan fingerprint density at radius 1 is 1.35 bits per heavy atom. The van der Waals surface area contributed by atoms with Crippen molar-refractivity contribution < 1.29 is 14.3 Å². The number of rotatable bonds is 3. The molecule has 0 saturated carbocycles. The molecule has 126 valence electrons. The number of anilines is 1. The summed E-state index contributed by atoms with van der Waals surface area (Å²) in [5.74, 6) is 0.614. The molecule has 1 spiro atoms. The maximum Gasteiger partial charge on any atom is 0.339 e. The molecule has 0 amide bonds. The highest BCUT2D eigenvalue weighted by Gasteiger charge is 2.41. The number of likely N-dealkylation sites (N-methyl/N-ethyl adjacent to an activating group) is 1. The van der Waals surface area contributed by atoms with Crippen molar-refractivity contribution in [3.8, 4) is 0 Å². The van der Waals surface area contributed by atoms with Crippen LogP contribution in [0.5, 0.6) is 0 Å². The molecule has 6 nitrogen and oxygen atoms in total. The number of ether oxygens (including phenoxy) is 2. The van der Waals surface area contributed by atoms with E-state index in [1.54, 1.807) is 19.2 Å². The first-order chi connectivity index (χ1) is 11.1. The topological polar surface area (TPSA) is 54.9 Å². The van der Waals surface area contributed by atoms with E-state index < -0.39 is 0 Å². The highest BCUT2D eigenvalue weighted by atomic mass is 16.5. The molecule has 0 N–H and O–H groups in total. The van der Waals surface area contributed by atoms with Crippen molar-refractivity contribution in [2.45, 2.75) is 25.3 Å². The molecule has 6 heteroatoms. The van der Waals surface area contributed by atoms with Gasteiger partial charge in [-0.25, -0.2) is 9.78 Å². The standard InChI is InChI=1S/C17H25N3O3/c1-3-23-16(21)14-4-5-15(18-12-14)20-9-8-19(2)17(13-20)6-10-22-11-7-17/h4-5,12H,3,6-11,13H2,1-2H3. The van der Waals surface area contributed by atoms with E-state index >= 15 is 0 Å². The van der Waals surface area contributed by atoms with Crippen LogP contribution in [0.15, 0.2) is 18.3 Å². The number of aromatic nitrogens is 1. The van der Waals surface area contributed by atoms with Gasteiger partial charge in [0, 0.05) is 44.6 Å². The molecule has 2 saturated heterocycles. The fourth-order valence-electron chi connectivity index (χ4n) is 3.46. The number of hydrogen-bond donors (Lipinski definition) is 0. The second-order valence-electron chi connectivity index (χ2n) is 6.31. The number of pyridine rings is 1. The molecule has 1 aromatic heterocycles. The van der Waals surface area contributed by atoms with E-state index in [1.807, 2.05) is 6.07 Å². The smallest absolute Gasteiger partial charge is 0.339 e. The summed E-state index contributed by atoms with van der Waals surface area (Å²) < 4.78 is 10.5. The Morgan fingerprint density at radius 2 is 2.13 bits per heavy atom. The zero-order chi connectivity index (χ0) is 16.3. The van der Waals surface area contributed by atoms with Crippen molar-refractivity contribution in [1.82, 2.24) is 9.88 Å². The normalized spacial score (nSPS) is 21.4. The van der Waals surface area contributed by atoms with E-state index in [9.17, 15) is 4.79 Å². The summed E-state index contributed by atoms with van der Waals surface area (Å²) in [7, 11) is 2.21. The van der Waals surface area contributed by atoms with E-state index in [2.05, 4.69) is 21.8 Å². The van der Waals surface area contributed by atoms with Crippen LogP contribution >= 0.6 is 0 Å². The van der Waals surface area contributed by atoms with Crippen LogP contribution in [-0.4, -0.2) is 67.9 Å². The Hall–Kier alpha value is -1.66. The lowest BCUT2D eigenvalue weighted by Gasteiger charge is -2.51. The van der Waals surface area contributed by atoms with Gasteiger partial charge in [0.2, 0.25) is 0 Å². The first-order valence-corrected chi connectivity index (χ1v) is 8.32. The Labute approximate surface area is 137 Å². The molecular formula is C17H25N3O3. The highest BCUT2D eigenvalue weighted by Crippen LogP contribution is 2.32. The van der Waals surface area contributed by atoms with Crippen LogP contribution in [0.3, 0.4) is 0 Å². The quantitative estimate of drug-likeness (QED) is 0.788. The Bertz CT molecular complexity index is 541. The summed E-state index contributed by atoms with van der Waals surface area (Å²) in [6, 6.07) is 3.72. The van der Waals surface area contributed by atoms with Gasteiger partial charge in [0.15, 0.2) is 0 Å². The maximum atomic E-state index is 11.7. The van der Waals surface area contributed by atoms with Crippen LogP contribution in [0.2, 0.25) is 0 Å². The third kappa shape index (κ3) is 3.33. The minimum absolute atomic E-state index is 0.179. The van der Waals surface area contributed by atoms with Crippen molar-refractivity contribution in [2.24, 2.45) is 0 Å². The van der Waals surface area contributed by atoms with Gasteiger partial charge in [-0.3, -0.25) is 4.90 Å². The molecule has 0 radical (unpaired) electrons. The monoisotopic (exact) mass is 319 g/mol. The predicted octanol–water partition coefficient (Wildman–Crippen LogP) is 1.56. The number of carbonyl (C=O) groups excluding carboxylic acids is 1. The summed E-state index contributed by atoms with van der Waals surface area (Å²) >= 11 is 0. The van der Waals surface area contributed by atoms with Gasteiger partial charge in [-0.15, -0.1) is 0 Å². The molecule has 2 aliphatic rings. The van der Waals surface area contributed by atoms with Crippen LogP contribution in [0.4, 0.5) is 5.82 Å². The summed E-state index contributed by atoms with van der Waals surface area (Å²) in [5, 5.41) is 0. The van der Waals surface area contributed by atoms with E-state index in [-0.39, 0.29) is 11.5 Å². The fraction of sp³-hybridized carbons (Fsp3) is 0.647. The second-order valence-corrected chi connectivity index (χ2v) is 6.31. The average Bonchev–Trinajstić information content (AvgIpc) is 2.59. The van der Waals surface area contributed by atoms with Crippen LogP contribution < -0.4 is 4.90 Å². The number of esters is 1. The Kier molecular flexibility index (Phi) is 4.82. The number of carbonyl (C=O) groups is 1. The summed E-state index contributed by atoms with van der Waals surface area (Å²) in [6.45, 7) is 6.76. The zero-order valence-corrected chi connectivity index (χ0v) is 14.0. The average molecular weight is 319 g/mol. The van der Waals surface area contributed by atoms with Crippen molar-refractivity contribution in [3.63, 3.8) is 0 Å². The molecule has 2 aliphatic heterocycles. The summed E-state index contributed by atoms with van der Waals surface area (Å²) in [4.78, 5) is 21.0. The van der Waals surface area contributed by atoms with Crippen molar-refractivity contribution >= 4 is 11.8 Å². The fourth-order valence-corrected chi connectivity index (χ4v) is 3.46. The van der Waals surface area contributed by atoms with Crippen LogP contribution in [-0.2, 0) is 9.47 Å². The lowest BCUT2D eigenvalue weighted by molar-refractivity contribution is -0.0221. The molecular weight excluding hydrogens is 294 g/mol. The van der Waals surface area contributed by atoms with Gasteiger partial charge in [0.25, 0.3) is 0 Å². The van der Waals surface area contributed by atoms with Crippen LogP contribution in [0.25, 0.3) is 0 Å². The molecule has 3 rings (SSSR count). The Morgan fingerprint density at radius 3 is 2.78 bits per heavy atom. The molecule has 0 aromatic carbocycles. The minimum atomic E-state index is -0.314. The van der Waals surface area contributed by atoms with Gasteiger partial charge in [-0.2, -0.15) is 0 Å². The molecule has 0 aliphatic carbocycles. The number of piperazine rings is 1. The van der Waals surface area contributed by atoms with E-state index in [1.165, 1.54) is 0 Å². The van der Waals surface area contributed by atoms with Gasteiger partial charge in [0.05, 0.1) is 12.2 Å². The molecule has 23 heavy (non-hydrogen) atoms. The lowest BCUT2D eigenvalue weighted by Crippen LogP contribution is -2.63. The van der Waals surface area contributed by atoms with Crippen LogP contribution in [0.1, 0.15) is 30.1 Å². The first kappa shape index (κ1) is 16.2. The molecule has 2 fully saturated rings. The van der Waals surface area contributed by atoms with Gasteiger partial charge in [-0.05, 0) is 38.9 Å². The highest BCUT2D eigenvalue weighted by molar-refractivity contribution is 5.89. The van der Waals surface area contributed by atoms with E-state index in [0.29, 0.717) is 12.2 Å². The van der Waals surface area contributed by atoms with E-state index in [4.69, 9.17) is 9.47 Å². The molecule has 0 atom stereocenters. The van der Waals surface area contributed by atoms with Crippen molar-refractivity contribution in [2.75, 3.05) is 51.4 Å². The minimum Gasteiger partial charge on any atom is -0.462 e. The first-order valence-electron chi connectivity index (χ1n) is 8.32. The van der Waals surface area contributed by atoms with Gasteiger partial charge in [0.1, 0.15) is 5.82 Å². The van der Waals surface area contributed by atoms with Gasteiger partial charge in [-0.1, -0.05) is 0 Å². The number of nitrogens with zero attached hydrogens (tertiary/aromatic N) is 3. The summed E-state index contributed by atoms with van der Waals surface area (Å²) in [5.41, 5.74) is 0.684. The van der Waals surface area contributed by atoms with Crippen LogP contribution in [0, 0.1) is 0 Å². The number of hydrogen-bond acceptors (Lipinski definition) is 6. The largest absolute Gasteiger partial charge is 0.462 e. The molecule has 0 unspecified atom stereocenters.